The van der Waals surface area contributed by atoms with E-state index >= 15 is 0 Å². The second kappa shape index (κ2) is 20.2. The quantitative estimate of drug-likeness (QED) is 0.135. The summed E-state index contributed by atoms with van der Waals surface area (Å²) in [4.78, 5) is 0. The Morgan fingerprint density at radius 1 is 0.464 bits per heavy atom. The Hall–Kier alpha value is -0.120. The first-order valence-electron chi connectivity index (χ1n) is 12.6. The number of unbranched alkanes of at least 4 members (excludes halogenated alkanes) is 8. The monoisotopic (exact) mass is 400 g/mol. The smallest absolute Gasteiger partial charge is 0.285 e. The van der Waals surface area contributed by atoms with Gasteiger partial charge in [-0.15, -0.1) is 0 Å². The summed E-state index contributed by atoms with van der Waals surface area (Å²) in [5.41, 5.74) is 0. The van der Waals surface area contributed by atoms with Gasteiger partial charge >= 0.3 is 0 Å². The second-order valence-corrected chi connectivity index (χ2v) is 8.25. The first kappa shape index (κ1) is 27.9. The van der Waals surface area contributed by atoms with Crippen molar-refractivity contribution in [2.75, 3.05) is 19.8 Å². The number of rotatable bonds is 22. The molecule has 0 heterocycles. The Bertz CT molecular complexity index is 284. The molecule has 0 bridgehead atoms. The van der Waals surface area contributed by atoms with E-state index in [1.807, 2.05) is 0 Å². The van der Waals surface area contributed by atoms with Crippen LogP contribution < -0.4 is 0 Å². The topological polar surface area (TPSA) is 27.7 Å². The predicted octanol–water partition coefficient (Wildman–Crippen LogP) is 8.26. The Morgan fingerprint density at radius 2 is 0.821 bits per heavy atom. The summed E-state index contributed by atoms with van der Waals surface area (Å²) in [5.74, 6) is -0.502. The van der Waals surface area contributed by atoms with Gasteiger partial charge in [0.2, 0.25) is 0 Å². The largest absolute Gasteiger partial charge is 0.327 e. The Morgan fingerprint density at radius 3 is 1.21 bits per heavy atom. The van der Waals surface area contributed by atoms with Gasteiger partial charge in [0.15, 0.2) is 0 Å². The highest BCUT2D eigenvalue weighted by Crippen LogP contribution is 2.35. The molecule has 0 fully saturated rings. The molecule has 0 rings (SSSR count). The van der Waals surface area contributed by atoms with E-state index in [0.29, 0.717) is 25.7 Å². The standard InChI is InChI=1S/C25H52O3/c1-6-11-13-15-16-18-20-24(19-17-14-12-7-2)25(26-21-8-3,27-22-9-4)28-23-10-5/h24H,6-23H2,1-5H3. The zero-order valence-corrected chi connectivity index (χ0v) is 20.0. The molecule has 0 saturated heterocycles. The molecule has 0 aliphatic rings. The van der Waals surface area contributed by atoms with E-state index in [2.05, 4.69) is 34.6 Å². The summed E-state index contributed by atoms with van der Waals surface area (Å²) in [5, 5.41) is 0. The van der Waals surface area contributed by atoms with Gasteiger partial charge in [-0.25, -0.2) is 0 Å². The predicted molar refractivity (Wildman–Crippen MR) is 122 cm³/mol. The van der Waals surface area contributed by atoms with Crippen LogP contribution in [-0.4, -0.2) is 25.8 Å². The molecule has 0 amide bonds. The Labute approximate surface area is 177 Å². The second-order valence-electron chi connectivity index (χ2n) is 8.25. The maximum Gasteiger partial charge on any atom is 0.285 e. The summed E-state index contributed by atoms with van der Waals surface area (Å²) in [6.45, 7) is 13.1. The average Bonchev–Trinajstić information content (AvgIpc) is 2.72. The van der Waals surface area contributed by atoms with E-state index in [1.54, 1.807) is 0 Å². The molecule has 0 aliphatic heterocycles. The van der Waals surface area contributed by atoms with Crippen LogP contribution in [0.3, 0.4) is 0 Å². The third-order valence-corrected chi connectivity index (χ3v) is 5.33. The molecular formula is C25H52O3. The minimum atomic E-state index is -0.836. The Kier molecular flexibility index (Phi) is 20.1. The molecule has 3 nitrogen and oxygen atoms in total. The van der Waals surface area contributed by atoms with Crippen LogP contribution in [0, 0.1) is 5.92 Å². The van der Waals surface area contributed by atoms with Gasteiger partial charge in [0.1, 0.15) is 0 Å². The molecule has 28 heavy (non-hydrogen) atoms. The van der Waals surface area contributed by atoms with Crippen molar-refractivity contribution in [2.45, 2.75) is 137 Å². The summed E-state index contributed by atoms with van der Waals surface area (Å²) >= 11 is 0. The van der Waals surface area contributed by atoms with Crippen molar-refractivity contribution < 1.29 is 14.2 Å². The van der Waals surface area contributed by atoms with Gasteiger partial charge < -0.3 is 14.2 Å². The fraction of sp³-hybridized carbons (Fsp3) is 1.00. The molecule has 0 aliphatic carbocycles. The van der Waals surface area contributed by atoms with Crippen LogP contribution in [-0.2, 0) is 14.2 Å². The van der Waals surface area contributed by atoms with Crippen molar-refractivity contribution in [3.8, 4) is 0 Å². The van der Waals surface area contributed by atoms with Crippen LogP contribution in [0.25, 0.3) is 0 Å². The molecule has 0 aromatic heterocycles. The SMILES string of the molecule is CCCCCCCCC(CCCCCC)C(OCCC)(OCCC)OCCC. The summed E-state index contributed by atoms with van der Waals surface area (Å²) in [7, 11) is 0. The third kappa shape index (κ3) is 13.2. The van der Waals surface area contributed by atoms with Gasteiger partial charge in [-0.2, -0.15) is 0 Å². The van der Waals surface area contributed by atoms with Gasteiger partial charge in [0.05, 0.1) is 19.8 Å². The molecule has 1 unspecified atom stereocenters. The van der Waals surface area contributed by atoms with Crippen molar-refractivity contribution in [2.24, 2.45) is 5.92 Å². The molecule has 0 radical (unpaired) electrons. The Balaban J connectivity index is 5.07. The highest BCUT2D eigenvalue weighted by molar-refractivity contribution is 4.73. The molecule has 0 saturated carbocycles. The normalized spacial score (nSPS) is 13.2. The van der Waals surface area contributed by atoms with E-state index in [4.69, 9.17) is 14.2 Å². The minimum absolute atomic E-state index is 0.334. The highest BCUT2D eigenvalue weighted by atomic mass is 16.9. The van der Waals surface area contributed by atoms with Crippen LogP contribution in [0.15, 0.2) is 0 Å². The maximum atomic E-state index is 6.35. The molecule has 0 spiro atoms. The molecule has 0 aromatic rings. The van der Waals surface area contributed by atoms with E-state index in [9.17, 15) is 0 Å². The van der Waals surface area contributed by atoms with Crippen molar-refractivity contribution in [3.63, 3.8) is 0 Å². The molecule has 0 aromatic carbocycles. The summed E-state index contributed by atoms with van der Waals surface area (Å²) < 4.78 is 19.1. The van der Waals surface area contributed by atoms with Crippen LogP contribution in [0.1, 0.15) is 131 Å². The lowest BCUT2D eigenvalue weighted by Crippen LogP contribution is -2.47. The minimum Gasteiger partial charge on any atom is -0.327 e. The van der Waals surface area contributed by atoms with Crippen molar-refractivity contribution in [1.82, 2.24) is 0 Å². The fourth-order valence-corrected chi connectivity index (χ4v) is 3.70. The fourth-order valence-electron chi connectivity index (χ4n) is 3.70. The van der Waals surface area contributed by atoms with Crippen LogP contribution in [0.4, 0.5) is 0 Å². The molecule has 1 atom stereocenters. The van der Waals surface area contributed by atoms with Crippen molar-refractivity contribution >= 4 is 0 Å². The lowest BCUT2D eigenvalue weighted by molar-refractivity contribution is -0.406. The summed E-state index contributed by atoms with van der Waals surface area (Å²) in [6, 6.07) is 0. The first-order chi connectivity index (χ1) is 13.7. The van der Waals surface area contributed by atoms with E-state index in [0.717, 1.165) is 32.1 Å². The lowest BCUT2D eigenvalue weighted by atomic mass is 9.91. The zero-order chi connectivity index (χ0) is 20.9. The van der Waals surface area contributed by atoms with Crippen LogP contribution >= 0.6 is 0 Å². The number of ether oxygens (including phenoxy) is 3. The lowest BCUT2D eigenvalue weighted by Gasteiger charge is -2.40. The van der Waals surface area contributed by atoms with Crippen LogP contribution in [0.5, 0.6) is 0 Å². The average molecular weight is 401 g/mol. The van der Waals surface area contributed by atoms with Crippen molar-refractivity contribution in [1.29, 1.82) is 0 Å². The van der Waals surface area contributed by atoms with Crippen LogP contribution in [0.2, 0.25) is 0 Å². The van der Waals surface area contributed by atoms with E-state index in [-0.39, 0.29) is 0 Å². The van der Waals surface area contributed by atoms with E-state index < -0.39 is 5.97 Å². The third-order valence-electron chi connectivity index (χ3n) is 5.33. The molecule has 3 heteroatoms. The number of hydrogen-bond donors (Lipinski definition) is 0. The first-order valence-corrected chi connectivity index (χ1v) is 12.6. The van der Waals surface area contributed by atoms with Gasteiger partial charge in [0, 0.05) is 5.92 Å². The molecule has 0 N–H and O–H groups in total. The van der Waals surface area contributed by atoms with Gasteiger partial charge in [-0.3, -0.25) is 0 Å². The molecule has 170 valence electrons. The maximum absolute atomic E-state index is 6.35. The van der Waals surface area contributed by atoms with Gasteiger partial charge in [0.25, 0.3) is 5.97 Å². The summed E-state index contributed by atoms with van der Waals surface area (Å²) in [6.07, 6.45) is 18.4. The van der Waals surface area contributed by atoms with Gasteiger partial charge in [-0.05, 0) is 32.1 Å². The zero-order valence-electron chi connectivity index (χ0n) is 20.0. The van der Waals surface area contributed by atoms with E-state index in [1.165, 1.54) is 64.2 Å². The van der Waals surface area contributed by atoms with Crippen molar-refractivity contribution in [3.05, 3.63) is 0 Å². The highest BCUT2D eigenvalue weighted by Gasteiger charge is 2.41. The number of hydrogen-bond acceptors (Lipinski definition) is 3. The molecular weight excluding hydrogens is 348 g/mol. The van der Waals surface area contributed by atoms with Gasteiger partial charge in [-0.1, -0.05) is 98.8 Å².